The summed E-state index contributed by atoms with van der Waals surface area (Å²) in [5, 5.41) is 16.0. The number of alkyl halides is 1. The lowest BCUT2D eigenvalue weighted by Gasteiger charge is -2.26. The SMILES string of the molecule is CC1(NC(=O)O[C@@H]2CO[C@H](c3cc(Nc4nccc5nc(C(=O)N6CCNCC6)cn45)n[nH]3)[C@@H]2F)CC1. The van der Waals surface area contributed by atoms with Gasteiger partial charge in [-0.2, -0.15) is 5.10 Å². The number of aromatic nitrogens is 5. The number of piperazine rings is 1. The first-order chi connectivity index (χ1) is 17.9. The molecule has 4 N–H and O–H groups in total. The number of anilines is 2. The zero-order chi connectivity index (χ0) is 25.6. The highest BCUT2D eigenvalue weighted by Gasteiger charge is 2.44. The van der Waals surface area contributed by atoms with Crippen LogP contribution in [-0.4, -0.2) is 92.1 Å². The van der Waals surface area contributed by atoms with Crippen LogP contribution in [-0.2, 0) is 9.47 Å². The van der Waals surface area contributed by atoms with Crippen LogP contribution >= 0.6 is 0 Å². The molecule has 2 saturated heterocycles. The van der Waals surface area contributed by atoms with Gasteiger partial charge in [-0.25, -0.2) is 19.2 Å². The van der Waals surface area contributed by atoms with Gasteiger partial charge < -0.3 is 30.3 Å². The number of rotatable bonds is 6. The number of hydrogen-bond donors (Lipinski definition) is 4. The standard InChI is InChI=1S/C23H28FN9O4/c1-23(3-4-23)29-22(35)37-15-12-36-19(18(15)24)13-10-16(31-30-13)28-21-26-5-2-17-27-14(11-33(17)21)20(34)32-8-6-25-7-9-32/h2,5,10-11,15,18-19,25H,3-4,6-9,12H2,1H3,(H,29,35)(H2,26,28,30,31)/t15-,18-,19-/m1/s1. The number of imidazole rings is 1. The Balaban J connectivity index is 1.13. The molecule has 3 aromatic heterocycles. The molecule has 2 amide bonds. The van der Waals surface area contributed by atoms with Gasteiger partial charge in [-0.3, -0.25) is 14.3 Å². The number of nitrogens with zero attached hydrogens (tertiary/aromatic N) is 5. The molecule has 3 aliphatic rings. The minimum absolute atomic E-state index is 0.0580. The number of aromatic amines is 1. The zero-order valence-electron chi connectivity index (χ0n) is 20.2. The Morgan fingerprint density at radius 2 is 2.11 bits per heavy atom. The van der Waals surface area contributed by atoms with Crippen LogP contribution in [0.25, 0.3) is 5.65 Å². The van der Waals surface area contributed by atoms with Gasteiger partial charge >= 0.3 is 6.09 Å². The molecule has 13 nitrogen and oxygen atoms in total. The maximum Gasteiger partial charge on any atom is 0.408 e. The fourth-order valence-corrected chi connectivity index (χ4v) is 4.47. The Bertz CT molecular complexity index is 1320. The monoisotopic (exact) mass is 513 g/mol. The number of ether oxygens (including phenoxy) is 2. The zero-order valence-corrected chi connectivity index (χ0v) is 20.2. The first-order valence-electron chi connectivity index (χ1n) is 12.3. The van der Waals surface area contributed by atoms with Crippen LogP contribution < -0.4 is 16.0 Å². The average molecular weight is 514 g/mol. The van der Waals surface area contributed by atoms with Crippen molar-refractivity contribution in [2.45, 2.75) is 43.7 Å². The molecule has 37 heavy (non-hydrogen) atoms. The van der Waals surface area contributed by atoms with Gasteiger partial charge in [0.05, 0.1) is 12.3 Å². The molecular formula is C23H28FN9O4. The van der Waals surface area contributed by atoms with E-state index in [0.29, 0.717) is 41.9 Å². The lowest BCUT2D eigenvalue weighted by molar-refractivity contribution is 0.0604. The van der Waals surface area contributed by atoms with Gasteiger partial charge in [0.25, 0.3) is 5.91 Å². The second kappa shape index (κ2) is 9.27. The van der Waals surface area contributed by atoms with Crippen LogP contribution in [0.2, 0.25) is 0 Å². The van der Waals surface area contributed by atoms with E-state index in [2.05, 4.69) is 36.1 Å². The molecule has 6 rings (SSSR count). The van der Waals surface area contributed by atoms with Crippen molar-refractivity contribution in [1.82, 2.24) is 40.1 Å². The van der Waals surface area contributed by atoms with Crippen molar-refractivity contribution < 1.29 is 23.5 Å². The third-order valence-corrected chi connectivity index (χ3v) is 6.90. The molecule has 5 heterocycles. The molecule has 3 aromatic rings. The number of H-pyrrole nitrogens is 1. The number of nitrogens with one attached hydrogen (secondary N) is 4. The molecule has 0 bridgehead atoms. The molecule has 14 heteroatoms. The van der Waals surface area contributed by atoms with Crippen molar-refractivity contribution in [3.8, 4) is 0 Å². The highest BCUT2D eigenvalue weighted by atomic mass is 19.1. The number of amides is 2. The fraction of sp³-hybridized carbons (Fsp3) is 0.522. The number of carbonyl (C=O) groups is 2. The van der Waals surface area contributed by atoms with E-state index in [0.717, 1.165) is 25.9 Å². The van der Waals surface area contributed by atoms with Crippen LogP contribution in [0.3, 0.4) is 0 Å². The highest BCUT2D eigenvalue weighted by Crippen LogP contribution is 2.36. The summed E-state index contributed by atoms with van der Waals surface area (Å²) in [6, 6.07) is 3.31. The molecule has 0 aromatic carbocycles. The number of halogens is 1. The van der Waals surface area contributed by atoms with Crippen LogP contribution in [0.5, 0.6) is 0 Å². The van der Waals surface area contributed by atoms with Crippen molar-refractivity contribution in [2.24, 2.45) is 0 Å². The first-order valence-corrected chi connectivity index (χ1v) is 12.3. The molecule has 2 aliphatic heterocycles. The van der Waals surface area contributed by atoms with Gasteiger partial charge in [-0.05, 0) is 25.8 Å². The summed E-state index contributed by atoms with van der Waals surface area (Å²) >= 11 is 0. The Labute approximate surface area is 211 Å². The predicted octanol–water partition coefficient (Wildman–Crippen LogP) is 1.30. The van der Waals surface area contributed by atoms with Crippen molar-refractivity contribution in [3.63, 3.8) is 0 Å². The minimum atomic E-state index is -1.56. The van der Waals surface area contributed by atoms with E-state index in [1.807, 2.05) is 6.92 Å². The summed E-state index contributed by atoms with van der Waals surface area (Å²) in [4.78, 5) is 35.5. The predicted molar refractivity (Wildman–Crippen MR) is 128 cm³/mol. The summed E-state index contributed by atoms with van der Waals surface area (Å²) in [6.45, 7) is 4.61. The van der Waals surface area contributed by atoms with Gasteiger partial charge in [0.1, 0.15) is 17.4 Å². The molecule has 0 radical (unpaired) electrons. The molecular weight excluding hydrogens is 485 g/mol. The van der Waals surface area contributed by atoms with E-state index in [4.69, 9.17) is 9.47 Å². The maximum absolute atomic E-state index is 15.1. The third-order valence-electron chi connectivity index (χ3n) is 6.90. The highest BCUT2D eigenvalue weighted by molar-refractivity contribution is 5.93. The molecule has 196 valence electrons. The molecule has 1 aliphatic carbocycles. The second-order valence-electron chi connectivity index (χ2n) is 9.83. The fourth-order valence-electron chi connectivity index (χ4n) is 4.47. The normalized spacial score (nSPS) is 24.7. The lowest BCUT2D eigenvalue weighted by Crippen LogP contribution is -2.46. The van der Waals surface area contributed by atoms with Crippen LogP contribution in [0.1, 0.15) is 42.1 Å². The van der Waals surface area contributed by atoms with Gasteiger partial charge in [0, 0.05) is 50.2 Å². The summed E-state index contributed by atoms with van der Waals surface area (Å²) in [6.07, 6.45) is 0.796. The van der Waals surface area contributed by atoms with Crippen molar-refractivity contribution in [2.75, 3.05) is 38.1 Å². The number of carbonyl (C=O) groups excluding carboxylic acids is 2. The topological polar surface area (TPSA) is 151 Å². The van der Waals surface area contributed by atoms with Gasteiger partial charge in [-0.1, -0.05) is 0 Å². The molecule has 0 unspecified atom stereocenters. The smallest absolute Gasteiger partial charge is 0.408 e. The van der Waals surface area contributed by atoms with Crippen LogP contribution in [0.4, 0.5) is 21.0 Å². The summed E-state index contributed by atoms with van der Waals surface area (Å²) in [5.41, 5.74) is 1.01. The van der Waals surface area contributed by atoms with Crippen LogP contribution in [0.15, 0.2) is 24.5 Å². The maximum atomic E-state index is 15.1. The van der Waals surface area contributed by atoms with E-state index in [9.17, 15) is 9.59 Å². The van der Waals surface area contributed by atoms with Gasteiger partial charge in [-0.15, -0.1) is 0 Å². The van der Waals surface area contributed by atoms with E-state index in [-0.39, 0.29) is 18.1 Å². The van der Waals surface area contributed by atoms with Gasteiger partial charge in [0.15, 0.2) is 18.1 Å². The molecule has 3 fully saturated rings. The lowest BCUT2D eigenvalue weighted by atomic mass is 10.1. The third kappa shape index (κ3) is 4.81. The Morgan fingerprint density at radius 1 is 1.30 bits per heavy atom. The largest absolute Gasteiger partial charge is 0.441 e. The number of alkyl carbamates (subject to hydrolysis) is 1. The first kappa shape index (κ1) is 23.6. The molecule has 3 atom stereocenters. The summed E-state index contributed by atoms with van der Waals surface area (Å²) in [5.74, 6) is 0.624. The summed E-state index contributed by atoms with van der Waals surface area (Å²) in [7, 11) is 0. The van der Waals surface area contributed by atoms with Crippen molar-refractivity contribution >= 4 is 29.4 Å². The van der Waals surface area contributed by atoms with E-state index in [1.54, 1.807) is 33.8 Å². The van der Waals surface area contributed by atoms with Crippen molar-refractivity contribution in [3.05, 3.63) is 35.9 Å². The molecule has 1 saturated carbocycles. The second-order valence-corrected chi connectivity index (χ2v) is 9.83. The van der Waals surface area contributed by atoms with Gasteiger partial charge in [0.2, 0.25) is 5.95 Å². The van der Waals surface area contributed by atoms with E-state index in [1.165, 1.54) is 0 Å². The Hall–Kier alpha value is -3.78. The van der Waals surface area contributed by atoms with E-state index >= 15 is 4.39 Å². The quantitative estimate of drug-likeness (QED) is 0.382. The Kier molecular flexibility index (Phi) is 5.91. The summed E-state index contributed by atoms with van der Waals surface area (Å²) < 4.78 is 27.6. The van der Waals surface area contributed by atoms with Crippen LogP contribution in [0, 0.1) is 0 Å². The Morgan fingerprint density at radius 3 is 2.89 bits per heavy atom. The number of fused-ring (bicyclic) bond motifs is 1. The van der Waals surface area contributed by atoms with E-state index < -0.39 is 24.5 Å². The molecule has 0 spiro atoms. The average Bonchev–Trinajstić information content (AvgIpc) is 3.25. The number of hydrogen-bond acceptors (Lipinski definition) is 9. The van der Waals surface area contributed by atoms with Crippen molar-refractivity contribution in [1.29, 1.82) is 0 Å². The minimum Gasteiger partial charge on any atom is -0.441 e.